The lowest BCUT2D eigenvalue weighted by Gasteiger charge is -2.12. The van der Waals surface area contributed by atoms with Gasteiger partial charge in [0.25, 0.3) is 0 Å². The van der Waals surface area contributed by atoms with Crippen molar-refractivity contribution in [3.63, 3.8) is 0 Å². The molecular weight excluding hydrogens is 278 g/mol. The van der Waals surface area contributed by atoms with Gasteiger partial charge in [0.1, 0.15) is 5.75 Å². The molecule has 0 aliphatic rings. The van der Waals surface area contributed by atoms with E-state index in [9.17, 15) is 5.11 Å². The molecule has 0 spiro atoms. The first-order chi connectivity index (χ1) is 9.20. The Bertz CT molecular complexity index is 560. The zero-order valence-electron chi connectivity index (χ0n) is 10.7. The van der Waals surface area contributed by atoms with E-state index in [1.165, 1.54) is 4.90 Å². The third-order valence-electron chi connectivity index (χ3n) is 2.70. The third-order valence-corrected chi connectivity index (χ3v) is 3.89. The number of hydrogen-bond donors (Lipinski definition) is 2. The van der Waals surface area contributed by atoms with E-state index in [4.69, 9.17) is 11.6 Å². The first-order valence-corrected chi connectivity index (χ1v) is 7.50. The van der Waals surface area contributed by atoms with Gasteiger partial charge in [-0.05, 0) is 36.1 Å². The van der Waals surface area contributed by atoms with Gasteiger partial charge in [0.15, 0.2) is 0 Å². The molecule has 0 heterocycles. The van der Waals surface area contributed by atoms with Gasteiger partial charge in [-0.3, -0.25) is 0 Å². The van der Waals surface area contributed by atoms with Crippen molar-refractivity contribution in [3.8, 4) is 5.75 Å². The maximum atomic E-state index is 9.78. The summed E-state index contributed by atoms with van der Waals surface area (Å²) in [5.74, 6) is 1.29. The van der Waals surface area contributed by atoms with Gasteiger partial charge in [-0.1, -0.05) is 30.7 Å². The Hall–Kier alpha value is -1.32. The average molecular weight is 294 g/mol. The molecular formula is C15H16ClNOS. The lowest BCUT2D eigenvalue weighted by molar-refractivity contribution is 0.469. The molecule has 0 aliphatic heterocycles. The molecule has 0 radical (unpaired) electrons. The summed E-state index contributed by atoms with van der Waals surface area (Å²) < 4.78 is 0. The van der Waals surface area contributed by atoms with Crippen LogP contribution in [0.1, 0.15) is 12.5 Å². The van der Waals surface area contributed by atoms with Crippen LogP contribution >= 0.6 is 23.4 Å². The molecule has 0 unspecified atom stereocenters. The molecule has 2 nitrogen and oxygen atoms in total. The van der Waals surface area contributed by atoms with Gasteiger partial charge in [-0.15, -0.1) is 11.8 Å². The van der Waals surface area contributed by atoms with Gasteiger partial charge in [0.05, 0.1) is 0 Å². The lowest BCUT2D eigenvalue weighted by Crippen LogP contribution is -2.01. The highest BCUT2D eigenvalue weighted by molar-refractivity contribution is 7.99. The van der Waals surface area contributed by atoms with Gasteiger partial charge >= 0.3 is 0 Å². The predicted octanol–water partition coefficient (Wildman–Crippen LogP) is 4.77. The normalized spacial score (nSPS) is 10.4. The van der Waals surface area contributed by atoms with Crippen molar-refractivity contribution < 1.29 is 5.11 Å². The minimum Gasteiger partial charge on any atom is -0.508 e. The van der Waals surface area contributed by atoms with E-state index in [0.717, 1.165) is 17.0 Å². The van der Waals surface area contributed by atoms with Gasteiger partial charge in [0, 0.05) is 27.7 Å². The summed E-state index contributed by atoms with van der Waals surface area (Å²) in [5, 5.41) is 13.8. The Morgan fingerprint density at radius 2 is 2.00 bits per heavy atom. The van der Waals surface area contributed by atoms with Crippen LogP contribution < -0.4 is 5.32 Å². The number of benzene rings is 2. The lowest BCUT2D eigenvalue weighted by atomic mass is 10.2. The van der Waals surface area contributed by atoms with E-state index in [1.54, 1.807) is 30.0 Å². The quantitative estimate of drug-likeness (QED) is 0.779. The fraction of sp³-hybridized carbons (Fsp3) is 0.200. The standard InChI is InChI=1S/C15H16ClNOS/c1-2-19-15-6-4-3-5-13(15)17-10-11-9-12(16)7-8-14(11)18/h3-9,17-18H,2,10H2,1H3. The third kappa shape index (κ3) is 3.82. The van der Waals surface area contributed by atoms with E-state index in [1.807, 2.05) is 18.2 Å². The van der Waals surface area contributed by atoms with Crippen LogP contribution in [0.3, 0.4) is 0 Å². The van der Waals surface area contributed by atoms with Crippen molar-refractivity contribution in [3.05, 3.63) is 53.1 Å². The largest absolute Gasteiger partial charge is 0.508 e. The molecule has 0 amide bonds. The maximum Gasteiger partial charge on any atom is 0.120 e. The number of aromatic hydroxyl groups is 1. The molecule has 0 aromatic heterocycles. The molecule has 100 valence electrons. The number of hydrogen-bond acceptors (Lipinski definition) is 3. The van der Waals surface area contributed by atoms with Crippen LogP contribution in [0, 0.1) is 0 Å². The summed E-state index contributed by atoms with van der Waals surface area (Å²) in [6, 6.07) is 13.2. The van der Waals surface area contributed by atoms with Crippen molar-refractivity contribution in [2.45, 2.75) is 18.4 Å². The zero-order chi connectivity index (χ0) is 13.7. The SMILES string of the molecule is CCSc1ccccc1NCc1cc(Cl)ccc1O. The summed E-state index contributed by atoms with van der Waals surface area (Å²) >= 11 is 7.73. The highest BCUT2D eigenvalue weighted by Gasteiger charge is 2.04. The first kappa shape index (κ1) is 14.1. The number of para-hydroxylation sites is 1. The smallest absolute Gasteiger partial charge is 0.120 e. The second-order valence-corrected chi connectivity index (χ2v) is 5.80. The van der Waals surface area contributed by atoms with E-state index < -0.39 is 0 Å². The van der Waals surface area contributed by atoms with Crippen LogP contribution in [0.4, 0.5) is 5.69 Å². The van der Waals surface area contributed by atoms with Gasteiger partial charge in [0.2, 0.25) is 0 Å². The molecule has 0 fully saturated rings. The molecule has 4 heteroatoms. The van der Waals surface area contributed by atoms with Gasteiger partial charge in [-0.25, -0.2) is 0 Å². The fourth-order valence-electron chi connectivity index (χ4n) is 1.78. The van der Waals surface area contributed by atoms with Crippen molar-refractivity contribution in [1.29, 1.82) is 0 Å². The van der Waals surface area contributed by atoms with Crippen LogP contribution in [0.25, 0.3) is 0 Å². The van der Waals surface area contributed by atoms with Crippen LogP contribution in [0.15, 0.2) is 47.4 Å². The van der Waals surface area contributed by atoms with E-state index in [-0.39, 0.29) is 5.75 Å². The minimum atomic E-state index is 0.262. The van der Waals surface area contributed by atoms with Crippen LogP contribution in [-0.4, -0.2) is 10.9 Å². The summed E-state index contributed by atoms with van der Waals surface area (Å²) in [5.41, 5.74) is 1.87. The average Bonchev–Trinajstić information content (AvgIpc) is 2.42. The number of nitrogens with one attached hydrogen (secondary N) is 1. The van der Waals surface area contributed by atoms with Crippen molar-refractivity contribution in [2.24, 2.45) is 0 Å². The molecule has 0 saturated carbocycles. The van der Waals surface area contributed by atoms with Crippen molar-refractivity contribution in [2.75, 3.05) is 11.1 Å². The highest BCUT2D eigenvalue weighted by Crippen LogP contribution is 2.28. The highest BCUT2D eigenvalue weighted by atomic mass is 35.5. The monoisotopic (exact) mass is 293 g/mol. The summed E-state index contributed by atoms with van der Waals surface area (Å²) in [4.78, 5) is 1.21. The molecule has 0 bridgehead atoms. The number of phenolic OH excluding ortho intramolecular Hbond substituents is 1. The zero-order valence-corrected chi connectivity index (χ0v) is 12.3. The van der Waals surface area contributed by atoms with Crippen LogP contribution in [0.5, 0.6) is 5.75 Å². The molecule has 2 N–H and O–H groups in total. The number of halogens is 1. The minimum absolute atomic E-state index is 0.262. The Balaban J connectivity index is 2.12. The maximum absolute atomic E-state index is 9.78. The Kier molecular flexibility index (Phi) is 5.00. The fourth-order valence-corrected chi connectivity index (χ4v) is 2.76. The Labute approximate surface area is 122 Å². The first-order valence-electron chi connectivity index (χ1n) is 6.13. The Morgan fingerprint density at radius 1 is 1.21 bits per heavy atom. The van der Waals surface area contributed by atoms with Gasteiger partial charge < -0.3 is 10.4 Å². The molecule has 0 aliphatic carbocycles. The second-order valence-electron chi connectivity index (χ2n) is 4.06. The summed E-state index contributed by atoms with van der Waals surface area (Å²) in [6.07, 6.45) is 0. The predicted molar refractivity (Wildman–Crippen MR) is 83.3 cm³/mol. The molecule has 2 aromatic rings. The molecule has 19 heavy (non-hydrogen) atoms. The van der Waals surface area contributed by atoms with E-state index >= 15 is 0 Å². The van der Waals surface area contributed by atoms with Crippen molar-refractivity contribution in [1.82, 2.24) is 0 Å². The summed E-state index contributed by atoms with van der Waals surface area (Å²) in [7, 11) is 0. The number of phenols is 1. The van der Waals surface area contributed by atoms with Crippen LogP contribution in [-0.2, 0) is 6.54 Å². The van der Waals surface area contributed by atoms with Crippen LogP contribution in [0.2, 0.25) is 5.02 Å². The molecule has 0 atom stereocenters. The van der Waals surface area contributed by atoms with Gasteiger partial charge in [-0.2, -0.15) is 0 Å². The number of anilines is 1. The van der Waals surface area contributed by atoms with Crippen molar-refractivity contribution >= 4 is 29.1 Å². The van der Waals surface area contributed by atoms with E-state index in [2.05, 4.69) is 18.3 Å². The second kappa shape index (κ2) is 6.73. The topological polar surface area (TPSA) is 32.3 Å². The Morgan fingerprint density at radius 3 is 2.79 bits per heavy atom. The molecule has 0 saturated heterocycles. The summed E-state index contributed by atoms with van der Waals surface area (Å²) in [6.45, 7) is 2.68. The molecule has 2 aromatic carbocycles. The number of thioether (sulfide) groups is 1. The van der Waals surface area contributed by atoms with E-state index in [0.29, 0.717) is 11.6 Å². The molecule has 2 rings (SSSR count). The number of rotatable bonds is 5.